The van der Waals surface area contributed by atoms with Crippen molar-refractivity contribution in [3.63, 3.8) is 0 Å². The third-order valence-corrected chi connectivity index (χ3v) is 2.92. The third-order valence-electron chi connectivity index (χ3n) is 1.60. The van der Waals surface area contributed by atoms with Gasteiger partial charge in [-0.05, 0) is 38.1 Å². The fourth-order valence-corrected chi connectivity index (χ4v) is 2.12. The summed E-state index contributed by atoms with van der Waals surface area (Å²) in [6.45, 7) is 4.22. The first-order valence-corrected chi connectivity index (χ1v) is 5.53. The van der Waals surface area contributed by atoms with Crippen molar-refractivity contribution in [3.05, 3.63) is 41.4 Å². The predicted octanol–water partition coefficient (Wildman–Crippen LogP) is 4.40. The van der Waals surface area contributed by atoms with Crippen LogP contribution in [0.2, 0.25) is 5.02 Å². The van der Waals surface area contributed by atoms with Crippen molar-refractivity contribution in [1.29, 1.82) is 0 Å². The molecule has 2 heteroatoms. The SMILES string of the molecule is C/C=C/[C@@H](C)Sc1ccc(Cl)cc1. The Hall–Kier alpha value is -0.400. The van der Waals surface area contributed by atoms with Gasteiger partial charge in [-0.1, -0.05) is 23.8 Å². The lowest BCUT2D eigenvalue weighted by Gasteiger charge is -2.05. The van der Waals surface area contributed by atoms with Gasteiger partial charge in [0, 0.05) is 15.2 Å². The van der Waals surface area contributed by atoms with Crippen LogP contribution in [0.3, 0.4) is 0 Å². The maximum Gasteiger partial charge on any atom is 0.0406 e. The second-order valence-corrected chi connectivity index (χ2v) is 4.69. The molecule has 0 spiro atoms. The largest absolute Gasteiger partial charge is 0.119 e. The molecule has 0 saturated carbocycles. The summed E-state index contributed by atoms with van der Waals surface area (Å²) in [6, 6.07) is 7.94. The van der Waals surface area contributed by atoms with E-state index in [4.69, 9.17) is 11.6 Å². The van der Waals surface area contributed by atoms with E-state index in [0.29, 0.717) is 5.25 Å². The molecular weight excluding hydrogens is 200 g/mol. The Labute approximate surface area is 89.0 Å². The molecule has 1 aromatic carbocycles. The first-order valence-electron chi connectivity index (χ1n) is 4.27. The van der Waals surface area contributed by atoms with E-state index in [-0.39, 0.29) is 0 Å². The van der Waals surface area contributed by atoms with Gasteiger partial charge in [0.15, 0.2) is 0 Å². The van der Waals surface area contributed by atoms with E-state index in [2.05, 4.69) is 19.1 Å². The predicted molar refractivity (Wildman–Crippen MR) is 61.6 cm³/mol. The minimum atomic E-state index is 0.520. The molecule has 0 fully saturated rings. The molecule has 1 rings (SSSR count). The molecule has 1 atom stereocenters. The summed E-state index contributed by atoms with van der Waals surface area (Å²) in [5.74, 6) is 0. The van der Waals surface area contributed by atoms with E-state index in [1.54, 1.807) is 0 Å². The number of halogens is 1. The van der Waals surface area contributed by atoms with E-state index in [1.165, 1.54) is 4.90 Å². The maximum atomic E-state index is 5.79. The fraction of sp³-hybridized carbons (Fsp3) is 0.273. The summed E-state index contributed by atoms with van der Waals surface area (Å²) in [7, 11) is 0. The summed E-state index contributed by atoms with van der Waals surface area (Å²) < 4.78 is 0. The average Bonchev–Trinajstić information content (AvgIpc) is 2.09. The Balaban J connectivity index is 2.59. The summed E-state index contributed by atoms with van der Waals surface area (Å²) in [5.41, 5.74) is 0. The van der Waals surface area contributed by atoms with Gasteiger partial charge in [-0.15, -0.1) is 11.8 Å². The second kappa shape index (κ2) is 5.36. The number of benzene rings is 1. The third kappa shape index (κ3) is 3.88. The van der Waals surface area contributed by atoms with Gasteiger partial charge in [0.25, 0.3) is 0 Å². The summed E-state index contributed by atoms with van der Waals surface area (Å²) in [6.07, 6.45) is 4.26. The minimum Gasteiger partial charge on any atom is -0.119 e. The fourth-order valence-electron chi connectivity index (χ4n) is 1.04. The Bertz CT molecular complexity index is 277. The van der Waals surface area contributed by atoms with Gasteiger partial charge in [0.1, 0.15) is 0 Å². The van der Waals surface area contributed by atoms with Crippen LogP contribution in [0.15, 0.2) is 41.3 Å². The molecule has 0 aromatic heterocycles. The van der Waals surface area contributed by atoms with Gasteiger partial charge in [0.2, 0.25) is 0 Å². The highest BCUT2D eigenvalue weighted by Gasteiger charge is 1.99. The van der Waals surface area contributed by atoms with Gasteiger partial charge in [-0.2, -0.15) is 0 Å². The highest BCUT2D eigenvalue weighted by atomic mass is 35.5. The molecule has 0 amide bonds. The molecule has 0 bridgehead atoms. The molecule has 0 nitrogen and oxygen atoms in total. The topological polar surface area (TPSA) is 0 Å². The molecule has 13 heavy (non-hydrogen) atoms. The van der Waals surface area contributed by atoms with E-state index >= 15 is 0 Å². The zero-order valence-corrected chi connectivity index (χ0v) is 9.40. The number of thioether (sulfide) groups is 1. The molecular formula is C11H13ClS. The van der Waals surface area contributed by atoms with Crippen LogP contribution in [0.5, 0.6) is 0 Å². The normalized spacial score (nSPS) is 13.5. The molecule has 0 radical (unpaired) electrons. The van der Waals surface area contributed by atoms with Gasteiger partial charge < -0.3 is 0 Å². The van der Waals surface area contributed by atoms with Gasteiger partial charge >= 0.3 is 0 Å². The molecule has 0 aliphatic rings. The molecule has 0 N–H and O–H groups in total. The molecule has 0 unspecified atom stereocenters. The summed E-state index contributed by atoms with van der Waals surface area (Å²) in [4.78, 5) is 1.26. The zero-order valence-electron chi connectivity index (χ0n) is 7.83. The molecule has 0 aliphatic heterocycles. The summed E-state index contributed by atoms with van der Waals surface area (Å²) >= 11 is 7.62. The molecule has 0 heterocycles. The first kappa shape index (κ1) is 10.7. The van der Waals surface area contributed by atoms with Crippen LogP contribution in [-0.4, -0.2) is 5.25 Å². The number of rotatable bonds is 3. The minimum absolute atomic E-state index is 0.520. The van der Waals surface area contributed by atoms with Crippen LogP contribution in [-0.2, 0) is 0 Å². The van der Waals surface area contributed by atoms with Crippen LogP contribution >= 0.6 is 23.4 Å². The maximum absolute atomic E-state index is 5.79. The molecule has 70 valence electrons. The second-order valence-electron chi connectivity index (χ2n) is 2.80. The van der Waals surface area contributed by atoms with Gasteiger partial charge in [0.05, 0.1) is 0 Å². The Morgan fingerprint density at radius 1 is 1.31 bits per heavy atom. The van der Waals surface area contributed by atoms with Crippen molar-refractivity contribution in [3.8, 4) is 0 Å². The van der Waals surface area contributed by atoms with E-state index in [9.17, 15) is 0 Å². The van der Waals surface area contributed by atoms with Crippen LogP contribution in [0.25, 0.3) is 0 Å². The Morgan fingerprint density at radius 2 is 1.92 bits per heavy atom. The van der Waals surface area contributed by atoms with Gasteiger partial charge in [-0.3, -0.25) is 0 Å². The summed E-state index contributed by atoms with van der Waals surface area (Å²) in [5, 5.41) is 1.31. The van der Waals surface area contributed by atoms with Crippen LogP contribution in [0.4, 0.5) is 0 Å². The van der Waals surface area contributed by atoms with Crippen molar-refractivity contribution in [2.75, 3.05) is 0 Å². The van der Waals surface area contributed by atoms with E-state index < -0.39 is 0 Å². The first-order chi connectivity index (χ1) is 6.22. The molecule has 1 aromatic rings. The average molecular weight is 213 g/mol. The number of allylic oxidation sites excluding steroid dienone is 1. The van der Waals surface area contributed by atoms with Crippen LogP contribution in [0.1, 0.15) is 13.8 Å². The zero-order chi connectivity index (χ0) is 9.68. The Kier molecular flexibility index (Phi) is 4.40. The van der Waals surface area contributed by atoms with Crippen LogP contribution < -0.4 is 0 Å². The lowest BCUT2D eigenvalue weighted by atomic mass is 10.4. The van der Waals surface area contributed by atoms with E-state index in [0.717, 1.165) is 5.02 Å². The van der Waals surface area contributed by atoms with Crippen LogP contribution in [0, 0.1) is 0 Å². The standard InChI is InChI=1S/C11H13ClS/c1-3-4-9(2)13-11-7-5-10(12)6-8-11/h3-9H,1-2H3/b4-3+/t9-/m1/s1. The quantitative estimate of drug-likeness (QED) is 0.529. The highest BCUT2D eigenvalue weighted by Crippen LogP contribution is 2.25. The monoisotopic (exact) mass is 212 g/mol. The molecule has 0 saturated heterocycles. The lowest BCUT2D eigenvalue weighted by molar-refractivity contribution is 1.23. The van der Waals surface area contributed by atoms with E-state index in [1.807, 2.05) is 43.0 Å². The van der Waals surface area contributed by atoms with Crippen molar-refractivity contribution in [2.45, 2.75) is 24.0 Å². The van der Waals surface area contributed by atoms with Crippen molar-refractivity contribution in [2.24, 2.45) is 0 Å². The van der Waals surface area contributed by atoms with Crippen molar-refractivity contribution >= 4 is 23.4 Å². The lowest BCUT2D eigenvalue weighted by Crippen LogP contribution is -1.88. The van der Waals surface area contributed by atoms with Crippen molar-refractivity contribution < 1.29 is 0 Å². The molecule has 0 aliphatic carbocycles. The smallest absolute Gasteiger partial charge is 0.0406 e. The number of hydrogen-bond acceptors (Lipinski definition) is 1. The van der Waals surface area contributed by atoms with Crippen molar-refractivity contribution in [1.82, 2.24) is 0 Å². The highest BCUT2D eigenvalue weighted by molar-refractivity contribution is 8.00. The Morgan fingerprint density at radius 3 is 2.46 bits per heavy atom. The van der Waals surface area contributed by atoms with Gasteiger partial charge in [-0.25, -0.2) is 0 Å². The number of hydrogen-bond donors (Lipinski definition) is 0.